The van der Waals surface area contributed by atoms with Crippen LogP contribution in [0.2, 0.25) is 0 Å². The van der Waals surface area contributed by atoms with Gasteiger partial charge in [0.15, 0.2) is 0 Å². The fraction of sp³-hybridized carbons (Fsp3) is 0.826. The minimum atomic E-state index is -5.14. The predicted molar refractivity (Wildman–Crippen MR) is 120 cm³/mol. The number of hydrazine groups is 1. The maximum absolute atomic E-state index is 13.2. The minimum absolute atomic E-state index is 0.108. The molecule has 3 aliphatic rings. The van der Waals surface area contributed by atoms with E-state index in [1.54, 1.807) is 5.32 Å². The van der Waals surface area contributed by atoms with Crippen LogP contribution >= 0.6 is 0 Å². The van der Waals surface area contributed by atoms with Gasteiger partial charge in [0, 0.05) is 18.5 Å². The summed E-state index contributed by atoms with van der Waals surface area (Å²) in [6.07, 6.45) is -0.0880. The number of carbonyl (C=O) groups excluding carboxylic acids is 3. The summed E-state index contributed by atoms with van der Waals surface area (Å²) in [6, 6.07) is -0.885. The van der Waals surface area contributed by atoms with Gasteiger partial charge in [0.2, 0.25) is 11.8 Å². The van der Waals surface area contributed by atoms with E-state index in [1.165, 1.54) is 20.8 Å². The highest BCUT2D eigenvalue weighted by molar-refractivity contribution is 5.93. The van der Waals surface area contributed by atoms with Gasteiger partial charge in [0.05, 0.1) is 6.07 Å². The summed E-state index contributed by atoms with van der Waals surface area (Å²) < 4.78 is 38.5. The Morgan fingerprint density at radius 3 is 2.29 bits per heavy atom. The molecule has 0 radical (unpaired) electrons. The molecule has 5 N–H and O–H groups in total. The Morgan fingerprint density at radius 1 is 1.03 bits per heavy atom. The van der Waals surface area contributed by atoms with Crippen molar-refractivity contribution in [1.29, 1.82) is 5.26 Å². The summed E-state index contributed by atoms with van der Waals surface area (Å²) in [5.41, 5.74) is 5.30. The van der Waals surface area contributed by atoms with Crippen LogP contribution in [0.3, 0.4) is 0 Å². The number of fused-ring (bicyclic) bond motifs is 1. The first-order valence-electron chi connectivity index (χ1n) is 12.2. The fourth-order valence-corrected chi connectivity index (χ4v) is 5.06. The summed E-state index contributed by atoms with van der Waals surface area (Å²) in [5.74, 6) is -3.29. The first-order valence-corrected chi connectivity index (χ1v) is 12.2. The quantitative estimate of drug-likeness (QED) is 0.341. The molecule has 1 heterocycles. The lowest BCUT2D eigenvalue weighted by Gasteiger charge is -2.38. The van der Waals surface area contributed by atoms with Crippen molar-refractivity contribution in [2.24, 2.45) is 23.2 Å². The van der Waals surface area contributed by atoms with Gasteiger partial charge in [-0.15, -0.1) is 0 Å². The number of nitriles is 1. The van der Waals surface area contributed by atoms with Crippen molar-refractivity contribution in [3.63, 3.8) is 0 Å². The molecule has 35 heavy (non-hydrogen) atoms. The Bertz CT molecular complexity index is 849. The molecule has 0 aromatic heterocycles. The largest absolute Gasteiger partial charge is 0.471 e. The third kappa shape index (κ3) is 7.07. The Hall–Kier alpha value is -2.39. The third-order valence-electron chi connectivity index (χ3n) is 7.17. The van der Waals surface area contributed by atoms with Gasteiger partial charge in [-0.3, -0.25) is 25.2 Å². The Morgan fingerprint density at radius 2 is 1.71 bits per heavy atom. The monoisotopic (exact) mass is 500 g/mol. The highest BCUT2D eigenvalue weighted by Crippen LogP contribution is 2.36. The number of hydrogen-bond donors (Lipinski definition) is 5. The number of nitrogens with zero attached hydrogens (tertiary/aromatic N) is 1. The second kappa shape index (κ2) is 10.7. The molecular weight excluding hydrogens is 465 g/mol. The molecule has 1 aliphatic heterocycles. The summed E-state index contributed by atoms with van der Waals surface area (Å²) >= 11 is 0. The Balaban J connectivity index is 1.71. The van der Waals surface area contributed by atoms with Crippen molar-refractivity contribution < 1.29 is 27.6 Å². The normalized spacial score (nSPS) is 27.1. The van der Waals surface area contributed by atoms with E-state index >= 15 is 0 Å². The van der Waals surface area contributed by atoms with Crippen LogP contribution in [-0.2, 0) is 14.4 Å². The average molecular weight is 501 g/mol. The van der Waals surface area contributed by atoms with Gasteiger partial charge < -0.3 is 16.0 Å². The van der Waals surface area contributed by atoms with Crippen LogP contribution in [0, 0.1) is 34.5 Å². The van der Waals surface area contributed by atoms with Crippen molar-refractivity contribution >= 4 is 17.7 Å². The third-order valence-corrected chi connectivity index (χ3v) is 7.17. The van der Waals surface area contributed by atoms with E-state index in [2.05, 4.69) is 27.6 Å². The molecule has 1 saturated heterocycles. The fourth-order valence-electron chi connectivity index (χ4n) is 5.06. The molecule has 196 valence electrons. The second-order valence-electron chi connectivity index (χ2n) is 11.0. The van der Waals surface area contributed by atoms with E-state index in [9.17, 15) is 32.8 Å². The lowest BCUT2D eigenvalue weighted by molar-refractivity contribution is -0.175. The smallest absolute Gasteiger partial charge is 0.342 e. The first kappa shape index (κ1) is 27.2. The van der Waals surface area contributed by atoms with Crippen molar-refractivity contribution in [2.75, 3.05) is 6.54 Å². The molecule has 0 spiro atoms. The Labute approximate surface area is 203 Å². The SMILES string of the molecule is CC(C)(C)C(NC(=O)C(F)(F)F)C(=O)NC(CC1CC1)C(=O)NC(C#N)C1CNNC2CCCC21. The van der Waals surface area contributed by atoms with E-state index in [0.717, 1.165) is 32.1 Å². The molecule has 3 amide bonds. The maximum Gasteiger partial charge on any atom is 0.471 e. The van der Waals surface area contributed by atoms with Gasteiger partial charge in [-0.05, 0) is 36.5 Å². The molecule has 3 rings (SSSR count). The summed E-state index contributed by atoms with van der Waals surface area (Å²) in [4.78, 5) is 37.8. The molecule has 0 aromatic rings. The van der Waals surface area contributed by atoms with E-state index in [0.29, 0.717) is 13.0 Å². The highest BCUT2D eigenvalue weighted by Gasteiger charge is 2.45. The number of hydrogen-bond acceptors (Lipinski definition) is 6. The molecule has 0 aromatic carbocycles. The zero-order chi connectivity index (χ0) is 26.0. The van der Waals surface area contributed by atoms with Gasteiger partial charge in [0.1, 0.15) is 18.1 Å². The van der Waals surface area contributed by atoms with Crippen LogP contribution in [-0.4, -0.2) is 54.6 Å². The molecule has 6 unspecified atom stereocenters. The number of carbonyl (C=O) groups is 3. The number of halogens is 3. The molecule has 3 fully saturated rings. The second-order valence-corrected chi connectivity index (χ2v) is 11.0. The molecule has 2 aliphatic carbocycles. The highest BCUT2D eigenvalue weighted by atomic mass is 19.4. The van der Waals surface area contributed by atoms with Crippen molar-refractivity contribution in [2.45, 2.75) is 89.6 Å². The lowest BCUT2D eigenvalue weighted by atomic mass is 9.81. The molecule has 12 heteroatoms. The number of amides is 3. The number of nitrogens with one attached hydrogen (secondary N) is 5. The van der Waals surface area contributed by atoms with E-state index < -0.39 is 47.4 Å². The lowest BCUT2D eigenvalue weighted by Crippen LogP contribution is -2.62. The first-order chi connectivity index (χ1) is 16.3. The van der Waals surface area contributed by atoms with Crippen LogP contribution in [0.25, 0.3) is 0 Å². The predicted octanol–water partition coefficient (Wildman–Crippen LogP) is 1.27. The summed E-state index contributed by atoms with van der Waals surface area (Å²) in [5, 5.41) is 16.9. The maximum atomic E-state index is 13.2. The molecule has 2 saturated carbocycles. The molecule has 9 nitrogen and oxygen atoms in total. The van der Waals surface area contributed by atoms with Crippen molar-refractivity contribution in [3.05, 3.63) is 0 Å². The molecule has 0 bridgehead atoms. The van der Waals surface area contributed by atoms with Crippen molar-refractivity contribution in [1.82, 2.24) is 26.8 Å². The average Bonchev–Trinajstić information content (AvgIpc) is 3.45. The summed E-state index contributed by atoms with van der Waals surface area (Å²) in [6.45, 7) is 5.09. The van der Waals surface area contributed by atoms with Gasteiger partial charge in [0.25, 0.3) is 0 Å². The van der Waals surface area contributed by atoms with Gasteiger partial charge in [-0.25, -0.2) is 0 Å². The van der Waals surface area contributed by atoms with Crippen LogP contribution < -0.4 is 26.8 Å². The van der Waals surface area contributed by atoms with Gasteiger partial charge in [-0.2, -0.15) is 18.4 Å². The van der Waals surface area contributed by atoms with Crippen LogP contribution in [0.1, 0.15) is 59.3 Å². The number of alkyl halides is 3. The van der Waals surface area contributed by atoms with Crippen LogP contribution in [0.4, 0.5) is 13.2 Å². The van der Waals surface area contributed by atoms with Gasteiger partial charge >= 0.3 is 12.1 Å². The summed E-state index contributed by atoms with van der Waals surface area (Å²) in [7, 11) is 0. The van der Waals surface area contributed by atoms with Crippen LogP contribution in [0.5, 0.6) is 0 Å². The van der Waals surface area contributed by atoms with E-state index in [1.807, 2.05) is 0 Å². The van der Waals surface area contributed by atoms with Gasteiger partial charge in [-0.1, -0.05) is 40.0 Å². The number of rotatable bonds is 8. The topological polar surface area (TPSA) is 135 Å². The van der Waals surface area contributed by atoms with E-state index in [-0.39, 0.29) is 23.8 Å². The van der Waals surface area contributed by atoms with Crippen LogP contribution in [0.15, 0.2) is 0 Å². The van der Waals surface area contributed by atoms with Crippen molar-refractivity contribution in [3.8, 4) is 6.07 Å². The molecular formula is C23H35F3N6O3. The van der Waals surface area contributed by atoms with E-state index in [4.69, 9.17) is 0 Å². The Kier molecular flexibility index (Phi) is 8.32. The minimum Gasteiger partial charge on any atom is -0.342 e. The zero-order valence-corrected chi connectivity index (χ0v) is 20.3. The molecule has 6 atom stereocenters. The zero-order valence-electron chi connectivity index (χ0n) is 20.3. The standard InChI is InChI=1S/C23H35F3N6O3/c1-22(2,3)18(31-21(35)23(24,25)26)20(34)29-16(9-12-7-8-12)19(33)30-17(10-27)14-11-28-32-15-6-4-5-13(14)15/h12-18,28,32H,4-9,11H2,1-3H3,(H,29,34)(H,30,33)(H,31,35).